The number of carbonyl (C=O) groups excluding carboxylic acids is 1. The zero-order valence-corrected chi connectivity index (χ0v) is 10.3. The highest BCUT2D eigenvalue weighted by Crippen LogP contribution is 2.11. The van der Waals surface area contributed by atoms with Gasteiger partial charge in [-0.2, -0.15) is 17.7 Å². The molecule has 0 saturated carbocycles. The minimum Gasteiger partial charge on any atom is -0.352 e. The van der Waals surface area contributed by atoms with E-state index in [1.165, 1.54) is 0 Å². The zero-order valence-electron chi connectivity index (χ0n) is 9.37. The third-order valence-electron chi connectivity index (χ3n) is 2.46. The molecule has 1 aromatic rings. The van der Waals surface area contributed by atoms with E-state index in [1.807, 2.05) is 25.6 Å². The molecule has 0 aliphatic rings. The quantitative estimate of drug-likeness (QED) is 0.753. The molecule has 1 aromatic heterocycles. The molecule has 5 heteroatoms. The number of rotatable bonds is 4. The highest BCUT2D eigenvalue weighted by molar-refractivity contribution is 7.80. The summed E-state index contributed by atoms with van der Waals surface area (Å²) in [4.78, 5) is 11.3. The van der Waals surface area contributed by atoms with Crippen molar-refractivity contribution in [3.05, 3.63) is 17.0 Å². The van der Waals surface area contributed by atoms with Gasteiger partial charge in [0.1, 0.15) is 0 Å². The maximum Gasteiger partial charge on any atom is 0.221 e. The minimum atomic E-state index is 0.0349. The topological polar surface area (TPSA) is 46.9 Å². The smallest absolute Gasteiger partial charge is 0.221 e. The Morgan fingerprint density at radius 2 is 2.20 bits per heavy atom. The second kappa shape index (κ2) is 5.21. The summed E-state index contributed by atoms with van der Waals surface area (Å²) in [6.07, 6.45) is 0.460. The molecular formula is C10H17N3OS. The van der Waals surface area contributed by atoms with Crippen LogP contribution in [-0.2, 0) is 18.4 Å². The summed E-state index contributed by atoms with van der Waals surface area (Å²) in [5.41, 5.74) is 3.17. The van der Waals surface area contributed by atoms with Crippen molar-refractivity contribution in [1.82, 2.24) is 15.1 Å². The van der Waals surface area contributed by atoms with Crippen molar-refractivity contribution in [2.75, 3.05) is 5.75 Å². The van der Waals surface area contributed by atoms with E-state index in [0.717, 1.165) is 17.0 Å². The van der Waals surface area contributed by atoms with E-state index >= 15 is 0 Å². The van der Waals surface area contributed by atoms with Gasteiger partial charge >= 0.3 is 0 Å². The summed E-state index contributed by atoms with van der Waals surface area (Å²) in [5.74, 6) is 0.615. The van der Waals surface area contributed by atoms with Gasteiger partial charge in [-0.1, -0.05) is 0 Å². The Kier molecular flexibility index (Phi) is 4.20. The number of thiol groups is 1. The van der Waals surface area contributed by atoms with E-state index in [9.17, 15) is 4.79 Å². The zero-order chi connectivity index (χ0) is 11.4. The molecule has 4 nitrogen and oxygen atoms in total. The highest BCUT2D eigenvalue weighted by atomic mass is 32.1. The lowest BCUT2D eigenvalue weighted by atomic mass is 10.2. The molecule has 15 heavy (non-hydrogen) atoms. The van der Waals surface area contributed by atoms with Crippen molar-refractivity contribution in [3.8, 4) is 0 Å². The number of aryl methyl sites for hydroxylation is 2. The van der Waals surface area contributed by atoms with Gasteiger partial charge in [0.15, 0.2) is 0 Å². The molecule has 0 atom stereocenters. The number of aromatic nitrogens is 2. The van der Waals surface area contributed by atoms with Crippen LogP contribution in [0.1, 0.15) is 23.4 Å². The van der Waals surface area contributed by atoms with Crippen LogP contribution >= 0.6 is 12.6 Å². The van der Waals surface area contributed by atoms with Crippen LogP contribution in [0.2, 0.25) is 0 Å². The van der Waals surface area contributed by atoms with Crippen molar-refractivity contribution in [3.63, 3.8) is 0 Å². The molecule has 84 valence electrons. The first-order valence-corrected chi connectivity index (χ1v) is 5.56. The molecule has 0 aliphatic heterocycles. The minimum absolute atomic E-state index is 0.0349. The Hall–Kier alpha value is -0.970. The Labute approximate surface area is 95.5 Å². The number of nitrogens with one attached hydrogen (secondary N) is 1. The van der Waals surface area contributed by atoms with E-state index in [0.29, 0.717) is 18.7 Å². The molecule has 0 fully saturated rings. The molecule has 0 spiro atoms. The third kappa shape index (κ3) is 2.99. The molecule has 0 unspecified atom stereocenters. The first-order valence-electron chi connectivity index (χ1n) is 4.93. The summed E-state index contributed by atoms with van der Waals surface area (Å²) in [6, 6.07) is 0. The summed E-state index contributed by atoms with van der Waals surface area (Å²) in [6.45, 7) is 4.51. The van der Waals surface area contributed by atoms with Gasteiger partial charge in [-0.25, -0.2) is 0 Å². The monoisotopic (exact) mass is 227 g/mol. The van der Waals surface area contributed by atoms with Gasteiger partial charge in [0.05, 0.1) is 5.69 Å². The second-order valence-corrected chi connectivity index (χ2v) is 3.97. The third-order valence-corrected chi connectivity index (χ3v) is 2.68. The van der Waals surface area contributed by atoms with Gasteiger partial charge in [0.2, 0.25) is 5.91 Å². The SMILES string of the molecule is Cc1nn(C)c(C)c1CNC(=O)CCS. The predicted octanol–water partition coefficient (Wildman–Crippen LogP) is 0.973. The van der Waals surface area contributed by atoms with Gasteiger partial charge in [-0.15, -0.1) is 0 Å². The van der Waals surface area contributed by atoms with Gasteiger partial charge in [0, 0.05) is 31.3 Å². The lowest BCUT2D eigenvalue weighted by molar-refractivity contribution is -0.120. The number of hydrogen-bond donors (Lipinski definition) is 2. The van der Waals surface area contributed by atoms with Crippen molar-refractivity contribution < 1.29 is 4.79 Å². The summed E-state index contributed by atoms with van der Waals surface area (Å²) in [5, 5.41) is 7.14. The van der Waals surface area contributed by atoms with E-state index in [-0.39, 0.29) is 5.91 Å². The maximum absolute atomic E-state index is 11.3. The van der Waals surface area contributed by atoms with E-state index < -0.39 is 0 Å². The molecule has 1 amide bonds. The molecule has 0 aromatic carbocycles. The van der Waals surface area contributed by atoms with Crippen molar-refractivity contribution in [2.24, 2.45) is 7.05 Å². The van der Waals surface area contributed by atoms with Crippen LogP contribution in [0.5, 0.6) is 0 Å². The molecule has 1 rings (SSSR count). The molecular weight excluding hydrogens is 210 g/mol. The van der Waals surface area contributed by atoms with Crippen LogP contribution in [-0.4, -0.2) is 21.4 Å². The van der Waals surface area contributed by atoms with Gasteiger partial charge in [-0.3, -0.25) is 9.48 Å². The average molecular weight is 227 g/mol. The number of nitrogens with zero attached hydrogens (tertiary/aromatic N) is 2. The molecule has 1 heterocycles. The van der Waals surface area contributed by atoms with Gasteiger partial charge in [-0.05, 0) is 19.6 Å². The van der Waals surface area contributed by atoms with Crippen LogP contribution in [0.4, 0.5) is 0 Å². The first-order chi connectivity index (χ1) is 7.06. The molecule has 0 radical (unpaired) electrons. The normalized spacial score (nSPS) is 10.4. The van der Waals surface area contributed by atoms with Crippen LogP contribution < -0.4 is 5.32 Å². The highest BCUT2D eigenvalue weighted by Gasteiger charge is 2.09. The Morgan fingerprint density at radius 1 is 1.53 bits per heavy atom. The van der Waals surface area contributed by atoms with E-state index in [4.69, 9.17) is 0 Å². The van der Waals surface area contributed by atoms with Crippen LogP contribution in [0.25, 0.3) is 0 Å². The number of carbonyl (C=O) groups is 1. The lowest BCUT2D eigenvalue weighted by Gasteiger charge is -2.04. The molecule has 1 N–H and O–H groups in total. The standard InChI is InChI=1S/C10H17N3OS/c1-7-9(8(2)13(3)12-7)6-11-10(14)4-5-15/h15H,4-6H2,1-3H3,(H,11,14). The molecule has 0 saturated heterocycles. The summed E-state index contributed by atoms with van der Waals surface area (Å²) >= 11 is 4.01. The molecule has 0 bridgehead atoms. The van der Waals surface area contributed by atoms with Gasteiger partial charge in [0.25, 0.3) is 0 Å². The van der Waals surface area contributed by atoms with Crippen LogP contribution in [0, 0.1) is 13.8 Å². The van der Waals surface area contributed by atoms with Crippen LogP contribution in [0.15, 0.2) is 0 Å². The summed E-state index contributed by atoms with van der Waals surface area (Å²) < 4.78 is 1.83. The van der Waals surface area contributed by atoms with Crippen molar-refractivity contribution >= 4 is 18.5 Å². The van der Waals surface area contributed by atoms with Gasteiger partial charge < -0.3 is 5.32 Å². The molecule has 0 aliphatic carbocycles. The Bertz CT molecular complexity index is 360. The summed E-state index contributed by atoms with van der Waals surface area (Å²) in [7, 11) is 1.90. The van der Waals surface area contributed by atoms with Crippen molar-refractivity contribution in [2.45, 2.75) is 26.8 Å². The maximum atomic E-state index is 11.3. The number of hydrogen-bond acceptors (Lipinski definition) is 3. The fourth-order valence-electron chi connectivity index (χ4n) is 1.45. The Balaban J connectivity index is 2.61. The van der Waals surface area contributed by atoms with Crippen LogP contribution in [0.3, 0.4) is 0 Å². The largest absolute Gasteiger partial charge is 0.352 e. The van der Waals surface area contributed by atoms with E-state index in [2.05, 4.69) is 23.0 Å². The van der Waals surface area contributed by atoms with Crippen molar-refractivity contribution in [1.29, 1.82) is 0 Å². The predicted molar refractivity (Wildman–Crippen MR) is 63.0 cm³/mol. The second-order valence-electron chi connectivity index (χ2n) is 3.52. The lowest BCUT2D eigenvalue weighted by Crippen LogP contribution is -2.23. The fraction of sp³-hybridized carbons (Fsp3) is 0.600. The Morgan fingerprint density at radius 3 is 2.67 bits per heavy atom. The number of amides is 1. The fourth-order valence-corrected chi connectivity index (χ4v) is 1.65. The average Bonchev–Trinajstić information content (AvgIpc) is 2.40. The first kappa shape index (κ1) is 12.1. The van der Waals surface area contributed by atoms with E-state index in [1.54, 1.807) is 0 Å².